The summed E-state index contributed by atoms with van der Waals surface area (Å²) >= 11 is 0. The Morgan fingerprint density at radius 3 is 1.63 bits per heavy atom. The van der Waals surface area contributed by atoms with Crippen molar-refractivity contribution in [1.29, 1.82) is 0 Å². The Balaban J connectivity index is 2.48. The minimum absolute atomic E-state index is 0.0235. The summed E-state index contributed by atoms with van der Waals surface area (Å²) in [6.07, 6.45) is -8.17. The molecule has 2 N–H and O–H groups in total. The molecule has 0 spiro atoms. The zero-order chi connectivity index (χ0) is 14.4. The number of nitrogens with two attached hydrogens (primary N) is 1. The molecule has 0 amide bonds. The topological polar surface area (TPSA) is 26.0 Å². The molecule has 1 nitrogen and oxygen atoms in total. The van der Waals surface area contributed by atoms with Gasteiger partial charge in [-0.05, 0) is 42.5 Å². The third kappa shape index (κ3) is 3.20. The SMILES string of the molecule is NC(c1cc(C(F)(F)F)cc(C(F)(F)F)c1)C1CC1. The maximum atomic E-state index is 12.6. The van der Waals surface area contributed by atoms with Gasteiger partial charge in [0.25, 0.3) is 0 Å². The molecule has 1 aliphatic rings. The van der Waals surface area contributed by atoms with Crippen LogP contribution in [0.3, 0.4) is 0 Å². The molecule has 1 atom stereocenters. The summed E-state index contributed by atoms with van der Waals surface area (Å²) in [4.78, 5) is 0. The fourth-order valence-electron chi connectivity index (χ4n) is 1.90. The van der Waals surface area contributed by atoms with E-state index in [9.17, 15) is 26.3 Å². The predicted octanol–water partition coefficient (Wildman–Crippen LogP) is 4.13. The minimum atomic E-state index is -4.82. The average Bonchev–Trinajstić information content (AvgIpc) is 3.09. The minimum Gasteiger partial charge on any atom is -0.324 e. The molecule has 0 aliphatic heterocycles. The number of rotatable bonds is 2. The first kappa shape index (κ1) is 14.2. The van der Waals surface area contributed by atoms with E-state index in [1.54, 1.807) is 0 Å². The van der Waals surface area contributed by atoms with Gasteiger partial charge in [0.05, 0.1) is 11.1 Å². The second-order valence-electron chi connectivity index (χ2n) is 4.70. The Labute approximate surface area is 105 Å². The molecule has 0 heterocycles. The van der Waals surface area contributed by atoms with Crippen molar-refractivity contribution in [3.63, 3.8) is 0 Å². The lowest BCUT2D eigenvalue weighted by Gasteiger charge is -2.17. The highest BCUT2D eigenvalue weighted by Gasteiger charge is 2.38. The summed E-state index contributed by atoms with van der Waals surface area (Å²) < 4.78 is 75.6. The number of benzene rings is 1. The standard InChI is InChI=1S/C12H11F6N/c13-11(14,15)8-3-7(10(19)6-1-2-6)4-9(5-8)12(16,17)18/h3-6,10H,1-2,19H2. The Bertz CT molecular complexity index is 440. The number of hydrogen-bond acceptors (Lipinski definition) is 1. The molecule has 1 unspecified atom stereocenters. The van der Waals surface area contributed by atoms with Crippen molar-refractivity contribution in [2.24, 2.45) is 11.7 Å². The molecule has 1 aliphatic carbocycles. The van der Waals surface area contributed by atoms with Gasteiger partial charge in [0.2, 0.25) is 0 Å². The Kier molecular flexibility index (Phi) is 3.28. The van der Waals surface area contributed by atoms with Crippen LogP contribution in [0.2, 0.25) is 0 Å². The second kappa shape index (κ2) is 4.40. The molecule has 1 saturated carbocycles. The summed E-state index contributed by atoms with van der Waals surface area (Å²) in [6, 6.07) is 0.753. The lowest BCUT2D eigenvalue weighted by atomic mass is 9.97. The average molecular weight is 283 g/mol. The molecule has 1 fully saturated rings. The van der Waals surface area contributed by atoms with Crippen LogP contribution in [0.1, 0.15) is 35.6 Å². The summed E-state index contributed by atoms with van der Waals surface area (Å²) in [5.41, 5.74) is 2.96. The Morgan fingerprint density at radius 1 is 0.895 bits per heavy atom. The highest BCUT2D eigenvalue weighted by molar-refractivity contribution is 5.35. The van der Waals surface area contributed by atoms with E-state index in [-0.39, 0.29) is 17.5 Å². The molecule has 0 aromatic heterocycles. The van der Waals surface area contributed by atoms with Crippen LogP contribution in [-0.4, -0.2) is 0 Å². The van der Waals surface area contributed by atoms with E-state index < -0.39 is 29.5 Å². The van der Waals surface area contributed by atoms with Gasteiger partial charge in [-0.2, -0.15) is 26.3 Å². The normalized spacial score (nSPS) is 18.5. The van der Waals surface area contributed by atoms with Gasteiger partial charge in [-0.15, -0.1) is 0 Å². The van der Waals surface area contributed by atoms with Gasteiger partial charge in [-0.1, -0.05) is 0 Å². The van der Waals surface area contributed by atoms with E-state index in [0.29, 0.717) is 12.1 Å². The lowest BCUT2D eigenvalue weighted by Crippen LogP contribution is -2.17. The fraction of sp³-hybridized carbons (Fsp3) is 0.500. The largest absolute Gasteiger partial charge is 0.416 e. The van der Waals surface area contributed by atoms with Gasteiger partial charge >= 0.3 is 12.4 Å². The number of halogens is 6. The summed E-state index contributed by atoms with van der Waals surface area (Å²) in [5, 5.41) is 0. The van der Waals surface area contributed by atoms with Gasteiger partial charge in [0.1, 0.15) is 0 Å². The molecule has 106 valence electrons. The lowest BCUT2D eigenvalue weighted by molar-refractivity contribution is -0.143. The maximum Gasteiger partial charge on any atom is 0.416 e. The molecule has 2 rings (SSSR count). The van der Waals surface area contributed by atoms with Crippen molar-refractivity contribution < 1.29 is 26.3 Å². The monoisotopic (exact) mass is 283 g/mol. The van der Waals surface area contributed by atoms with Crippen LogP contribution < -0.4 is 5.73 Å². The van der Waals surface area contributed by atoms with E-state index >= 15 is 0 Å². The Hall–Kier alpha value is -1.24. The van der Waals surface area contributed by atoms with Crippen LogP contribution in [0.25, 0.3) is 0 Å². The third-order valence-electron chi connectivity index (χ3n) is 3.12. The third-order valence-corrected chi connectivity index (χ3v) is 3.12. The molecule has 0 saturated heterocycles. The fourth-order valence-corrected chi connectivity index (χ4v) is 1.90. The van der Waals surface area contributed by atoms with Crippen LogP contribution in [-0.2, 0) is 12.4 Å². The molecule has 7 heteroatoms. The van der Waals surface area contributed by atoms with E-state index in [4.69, 9.17) is 5.73 Å². The van der Waals surface area contributed by atoms with E-state index in [1.165, 1.54) is 0 Å². The molecule has 1 aromatic rings. The summed E-state index contributed by atoms with van der Waals surface area (Å²) in [5.74, 6) is -0.0235. The van der Waals surface area contributed by atoms with Crippen LogP contribution in [0.5, 0.6) is 0 Å². The summed E-state index contributed by atoms with van der Waals surface area (Å²) in [7, 11) is 0. The van der Waals surface area contributed by atoms with Gasteiger partial charge in [0, 0.05) is 6.04 Å². The quantitative estimate of drug-likeness (QED) is 0.811. The van der Waals surface area contributed by atoms with Crippen molar-refractivity contribution >= 4 is 0 Å². The zero-order valence-corrected chi connectivity index (χ0v) is 9.65. The van der Waals surface area contributed by atoms with Crippen molar-refractivity contribution in [3.8, 4) is 0 Å². The first-order chi connectivity index (χ1) is 8.59. The molecule has 0 bridgehead atoms. The zero-order valence-electron chi connectivity index (χ0n) is 9.65. The van der Waals surface area contributed by atoms with Crippen molar-refractivity contribution in [2.75, 3.05) is 0 Å². The van der Waals surface area contributed by atoms with E-state index in [1.807, 2.05) is 0 Å². The van der Waals surface area contributed by atoms with E-state index in [0.717, 1.165) is 12.8 Å². The second-order valence-corrected chi connectivity index (χ2v) is 4.70. The molecule has 1 aromatic carbocycles. The van der Waals surface area contributed by atoms with Crippen molar-refractivity contribution in [2.45, 2.75) is 31.2 Å². The summed E-state index contributed by atoms with van der Waals surface area (Å²) in [6.45, 7) is 0. The smallest absolute Gasteiger partial charge is 0.324 e. The first-order valence-electron chi connectivity index (χ1n) is 5.64. The predicted molar refractivity (Wildman–Crippen MR) is 56.1 cm³/mol. The van der Waals surface area contributed by atoms with Gasteiger partial charge < -0.3 is 5.73 Å². The van der Waals surface area contributed by atoms with Gasteiger partial charge in [0.15, 0.2) is 0 Å². The number of hydrogen-bond donors (Lipinski definition) is 1. The maximum absolute atomic E-state index is 12.6. The molecular weight excluding hydrogens is 272 g/mol. The van der Waals surface area contributed by atoms with Crippen molar-refractivity contribution in [3.05, 3.63) is 34.9 Å². The van der Waals surface area contributed by atoms with Gasteiger partial charge in [-0.3, -0.25) is 0 Å². The Morgan fingerprint density at radius 2 is 1.32 bits per heavy atom. The molecular formula is C12H11F6N. The van der Waals surface area contributed by atoms with Crippen LogP contribution in [0, 0.1) is 5.92 Å². The first-order valence-corrected chi connectivity index (χ1v) is 5.64. The molecule has 0 radical (unpaired) electrons. The van der Waals surface area contributed by atoms with Crippen LogP contribution in [0.15, 0.2) is 18.2 Å². The highest BCUT2D eigenvalue weighted by atomic mass is 19.4. The van der Waals surface area contributed by atoms with E-state index in [2.05, 4.69) is 0 Å². The van der Waals surface area contributed by atoms with Crippen LogP contribution >= 0.6 is 0 Å². The van der Waals surface area contributed by atoms with Crippen LogP contribution in [0.4, 0.5) is 26.3 Å². The number of alkyl halides is 6. The molecule has 19 heavy (non-hydrogen) atoms. The van der Waals surface area contributed by atoms with Crippen molar-refractivity contribution in [1.82, 2.24) is 0 Å². The highest BCUT2D eigenvalue weighted by Crippen LogP contribution is 2.42. The van der Waals surface area contributed by atoms with Gasteiger partial charge in [-0.25, -0.2) is 0 Å².